The standard InChI is InChI=1S/C17H22Cl2N2/c18-12-8-16(19)15-10-14(21-17(15)9-12)11-20-13-6-4-2-1-3-5-7-13/h8-10,13,20-21H,1-7,11H2. The first-order chi connectivity index (χ1) is 10.2. The van der Waals surface area contributed by atoms with E-state index in [1.54, 1.807) is 6.07 Å². The van der Waals surface area contributed by atoms with Crippen LogP contribution in [-0.2, 0) is 6.54 Å². The van der Waals surface area contributed by atoms with Gasteiger partial charge in [0.2, 0.25) is 0 Å². The second-order valence-corrected chi connectivity index (χ2v) is 6.91. The third kappa shape index (κ3) is 3.94. The molecule has 21 heavy (non-hydrogen) atoms. The number of halogens is 2. The molecule has 1 fully saturated rings. The molecule has 0 radical (unpaired) electrons. The molecule has 1 aliphatic carbocycles. The molecule has 114 valence electrons. The van der Waals surface area contributed by atoms with E-state index in [0.717, 1.165) is 17.4 Å². The molecule has 1 aromatic carbocycles. The summed E-state index contributed by atoms with van der Waals surface area (Å²) in [6.45, 7) is 0.868. The minimum absolute atomic E-state index is 0.649. The van der Waals surface area contributed by atoms with E-state index in [2.05, 4.69) is 16.4 Å². The van der Waals surface area contributed by atoms with Crippen LogP contribution in [0.4, 0.5) is 0 Å². The predicted octanol–water partition coefficient (Wildman–Crippen LogP) is 5.68. The first-order valence-corrected chi connectivity index (χ1v) is 8.68. The Labute approximate surface area is 136 Å². The molecule has 0 amide bonds. The minimum Gasteiger partial charge on any atom is -0.357 e. The third-order valence-corrected chi connectivity index (χ3v) is 4.93. The van der Waals surface area contributed by atoms with E-state index in [9.17, 15) is 0 Å². The Morgan fingerprint density at radius 3 is 2.48 bits per heavy atom. The SMILES string of the molecule is Clc1cc(Cl)c2cc(CNC3CCCCCCC3)[nH]c2c1. The van der Waals surface area contributed by atoms with Gasteiger partial charge in [0.25, 0.3) is 0 Å². The van der Waals surface area contributed by atoms with Crippen molar-refractivity contribution < 1.29 is 0 Å². The number of hydrogen-bond donors (Lipinski definition) is 2. The molecule has 1 aliphatic rings. The van der Waals surface area contributed by atoms with Gasteiger partial charge in [0.1, 0.15) is 0 Å². The Morgan fingerprint density at radius 1 is 1.00 bits per heavy atom. The first-order valence-electron chi connectivity index (χ1n) is 7.92. The van der Waals surface area contributed by atoms with Crippen LogP contribution in [0.5, 0.6) is 0 Å². The van der Waals surface area contributed by atoms with Crippen LogP contribution < -0.4 is 5.32 Å². The number of H-pyrrole nitrogens is 1. The van der Waals surface area contributed by atoms with Crippen molar-refractivity contribution in [2.45, 2.75) is 57.5 Å². The van der Waals surface area contributed by atoms with Gasteiger partial charge in [0, 0.05) is 34.2 Å². The Hall–Kier alpha value is -0.700. The normalized spacial score (nSPS) is 17.8. The maximum absolute atomic E-state index is 6.24. The third-order valence-electron chi connectivity index (χ3n) is 4.39. The summed E-state index contributed by atoms with van der Waals surface area (Å²) >= 11 is 12.3. The van der Waals surface area contributed by atoms with Crippen molar-refractivity contribution >= 4 is 34.1 Å². The van der Waals surface area contributed by atoms with Crippen molar-refractivity contribution in [1.82, 2.24) is 10.3 Å². The second-order valence-electron chi connectivity index (χ2n) is 6.07. The molecule has 1 heterocycles. The lowest BCUT2D eigenvalue weighted by Gasteiger charge is -2.20. The highest BCUT2D eigenvalue weighted by Gasteiger charge is 2.12. The highest BCUT2D eigenvalue weighted by molar-refractivity contribution is 6.38. The molecule has 3 rings (SSSR count). The van der Waals surface area contributed by atoms with E-state index in [1.807, 2.05) is 6.07 Å². The van der Waals surface area contributed by atoms with Crippen LogP contribution in [0.2, 0.25) is 10.0 Å². The number of hydrogen-bond acceptors (Lipinski definition) is 1. The topological polar surface area (TPSA) is 27.8 Å². The van der Waals surface area contributed by atoms with Crippen molar-refractivity contribution in [1.29, 1.82) is 0 Å². The minimum atomic E-state index is 0.649. The van der Waals surface area contributed by atoms with E-state index in [-0.39, 0.29) is 0 Å². The summed E-state index contributed by atoms with van der Waals surface area (Å²) in [5.74, 6) is 0. The Morgan fingerprint density at radius 2 is 1.71 bits per heavy atom. The van der Waals surface area contributed by atoms with Crippen molar-refractivity contribution in [2.24, 2.45) is 0 Å². The van der Waals surface area contributed by atoms with Gasteiger partial charge < -0.3 is 10.3 Å². The summed E-state index contributed by atoms with van der Waals surface area (Å²) in [4.78, 5) is 3.41. The molecule has 0 saturated heterocycles. The summed E-state index contributed by atoms with van der Waals surface area (Å²) in [5, 5.41) is 6.13. The number of fused-ring (bicyclic) bond motifs is 1. The molecule has 0 spiro atoms. The molecular formula is C17H22Cl2N2. The predicted molar refractivity (Wildman–Crippen MR) is 91.3 cm³/mol. The monoisotopic (exact) mass is 324 g/mol. The van der Waals surface area contributed by atoms with Gasteiger partial charge in [-0.2, -0.15) is 0 Å². The summed E-state index contributed by atoms with van der Waals surface area (Å²) in [6, 6.07) is 6.51. The van der Waals surface area contributed by atoms with Gasteiger partial charge in [-0.15, -0.1) is 0 Å². The molecule has 0 aliphatic heterocycles. The van der Waals surface area contributed by atoms with Crippen molar-refractivity contribution in [3.63, 3.8) is 0 Å². The number of aromatic amines is 1. The van der Waals surface area contributed by atoms with E-state index >= 15 is 0 Å². The van der Waals surface area contributed by atoms with E-state index < -0.39 is 0 Å². The van der Waals surface area contributed by atoms with E-state index in [0.29, 0.717) is 16.1 Å². The molecule has 2 N–H and O–H groups in total. The molecule has 1 saturated carbocycles. The van der Waals surface area contributed by atoms with Crippen LogP contribution >= 0.6 is 23.2 Å². The van der Waals surface area contributed by atoms with Crippen molar-refractivity contribution in [3.8, 4) is 0 Å². The number of rotatable bonds is 3. The van der Waals surface area contributed by atoms with Gasteiger partial charge in [0.05, 0.1) is 5.02 Å². The smallest absolute Gasteiger partial charge is 0.0514 e. The van der Waals surface area contributed by atoms with Gasteiger partial charge in [-0.25, -0.2) is 0 Å². The Bertz CT molecular complexity index is 598. The van der Waals surface area contributed by atoms with E-state index in [4.69, 9.17) is 23.2 Å². The summed E-state index contributed by atoms with van der Waals surface area (Å²) in [5.41, 5.74) is 2.19. The highest BCUT2D eigenvalue weighted by Crippen LogP contribution is 2.28. The second kappa shape index (κ2) is 7.04. The lowest BCUT2D eigenvalue weighted by Crippen LogP contribution is -2.29. The molecular weight excluding hydrogens is 303 g/mol. The summed E-state index contributed by atoms with van der Waals surface area (Å²) in [7, 11) is 0. The summed E-state index contributed by atoms with van der Waals surface area (Å²) < 4.78 is 0. The van der Waals surface area contributed by atoms with Crippen LogP contribution in [-0.4, -0.2) is 11.0 Å². The molecule has 4 heteroatoms. The van der Waals surface area contributed by atoms with Crippen molar-refractivity contribution in [2.75, 3.05) is 0 Å². The molecule has 0 atom stereocenters. The zero-order valence-corrected chi connectivity index (χ0v) is 13.7. The lowest BCUT2D eigenvalue weighted by atomic mass is 9.97. The van der Waals surface area contributed by atoms with Crippen molar-refractivity contribution in [3.05, 3.63) is 33.9 Å². The molecule has 0 unspecified atom stereocenters. The fraction of sp³-hybridized carbons (Fsp3) is 0.529. The molecule has 1 aromatic heterocycles. The number of benzene rings is 1. The first kappa shape index (κ1) is 15.2. The maximum Gasteiger partial charge on any atom is 0.0514 e. The fourth-order valence-electron chi connectivity index (χ4n) is 3.23. The van der Waals surface area contributed by atoms with Gasteiger partial charge in [0.15, 0.2) is 0 Å². The molecule has 2 nitrogen and oxygen atoms in total. The van der Waals surface area contributed by atoms with Gasteiger partial charge in [-0.05, 0) is 31.0 Å². The lowest BCUT2D eigenvalue weighted by molar-refractivity contribution is 0.388. The number of nitrogens with one attached hydrogen (secondary N) is 2. The highest BCUT2D eigenvalue weighted by atomic mass is 35.5. The fourth-order valence-corrected chi connectivity index (χ4v) is 3.78. The van der Waals surface area contributed by atoms with Gasteiger partial charge >= 0.3 is 0 Å². The maximum atomic E-state index is 6.24. The van der Waals surface area contributed by atoms with Crippen LogP contribution in [0.25, 0.3) is 10.9 Å². The zero-order chi connectivity index (χ0) is 14.7. The van der Waals surface area contributed by atoms with Crippen LogP contribution in [0, 0.1) is 0 Å². The largest absolute Gasteiger partial charge is 0.357 e. The van der Waals surface area contributed by atoms with Crippen LogP contribution in [0.15, 0.2) is 18.2 Å². The van der Waals surface area contributed by atoms with Gasteiger partial charge in [-0.1, -0.05) is 55.3 Å². The Kier molecular flexibility index (Phi) is 5.10. The van der Waals surface area contributed by atoms with Crippen LogP contribution in [0.3, 0.4) is 0 Å². The average Bonchev–Trinajstić information content (AvgIpc) is 2.80. The number of aromatic nitrogens is 1. The van der Waals surface area contributed by atoms with Gasteiger partial charge in [-0.3, -0.25) is 0 Å². The van der Waals surface area contributed by atoms with Crippen LogP contribution in [0.1, 0.15) is 50.6 Å². The summed E-state index contributed by atoms with van der Waals surface area (Å²) in [6.07, 6.45) is 9.49. The molecule has 2 aromatic rings. The van der Waals surface area contributed by atoms with E-state index in [1.165, 1.54) is 50.6 Å². The Balaban J connectivity index is 1.66. The molecule has 0 bridgehead atoms. The zero-order valence-electron chi connectivity index (χ0n) is 12.2. The average molecular weight is 325 g/mol. The quantitative estimate of drug-likeness (QED) is 0.747.